The van der Waals surface area contributed by atoms with E-state index in [0.717, 1.165) is 11.9 Å². The van der Waals surface area contributed by atoms with E-state index in [9.17, 15) is 4.79 Å². The molecule has 1 N–H and O–H groups in total. The summed E-state index contributed by atoms with van der Waals surface area (Å²) >= 11 is 3.61. The van der Waals surface area contributed by atoms with Gasteiger partial charge in [0.05, 0.1) is 11.6 Å². The molecule has 0 atom stereocenters. The number of benzene rings is 1. The van der Waals surface area contributed by atoms with Gasteiger partial charge >= 0.3 is 0 Å². The number of amides is 1. The van der Waals surface area contributed by atoms with Crippen LogP contribution >= 0.6 is 15.9 Å². The lowest BCUT2D eigenvalue weighted by Gasteiger charge is -2.35. The normalized spacial score (nSPS) is 17.2. The molecule has 1 aliphatic carbocycles. The van der Waals surface area contributed by atoms with Gasteiger partial charge in [-0.1, -0.05) is 35.2 Å². The fraction of sp³-hybridized carbons (Fsp3) is 0.500. The number of carbonyl (C=O) groups is 1. The van der Waals surface area contributed by atoms with Crippen LogP contribution in [0.1, 0.15) is 48.0 Å². The van der Waals surface area contributed by atoms with Crippen LogP contribution in [0.15, 0.2) is 24.3 Å². The van der Waals surface area contributed by atoms with Crippen molar-refractivity contribution in [1.29, 1.82) is 5.26 Å². The fourth-order valence-electron chi connectivity index (χ4n) is 2.73. The minimum absolute atomic E-state index is 0.0552. The Morgan fingerprint density at radius 1 is 1.25 bits per heavy atom. The third kappa shape index (κ3) is 3.61. The zero-order valence-electron chi connectivity index (χ0n) is 11.5. The van der Waals surface area contributed by atoms with E-state index in [1.807, 2.05) is 0 Å². The average Bonchev–Trinajstić information content (AvgIpc) is 2.53. The molecule has 0 aliphatic heterocycles. The Labute approximate surface area is 128 Å². The highest BCUT2D eigenvalue weighted by molar-refractivity contribution is 9.09. The van der Waals surface area contributed by atoms with Gasteiger partial charge in [-0.15, -0.1) is 0 Å². The van der Waals surface area contributed by atoms with Crippen molar-refractivity contribution in [3.63, 3.8) is 0 Å². The van der Waals surface area contributed by atoms with Gasteiger partial charge in [-0.25, -0.2) is 0 Å². The van der Waals surface area contributed by atoms with Crippen LogP contribution in [0.5, 0.6) is 0 Å². The third-order valence-electron chi connectivity index (χ3n) is 4.10. The van der Waals surface area contributed by atoms with Gasteiger partial charge in [0.25, 0.3) is 5.91 Å². The maximum absolute atomic E-state index is 12.1. The zero-order chi connectivity index (χ0) is 14.4. The van der Waals surface area contributed by atoms with Crippen molar-refractivity contribution < 1.29 is 4.79 Å². The van der Waals surface area contributed by atoms with E-state index in [2.05, 4.69) is 27.3 Å². The predicted octanol–water partition coefficient (Wildman–Crippen LogP) is 3.63. The molecule has 106 valence electrons. The molecule has 0 unspecified atom stereocenters. The standard InChI is InChI=1S/C16H19BrN2O/c17-11-16(8-2-1-3-9-16)12-19-15(20)14-6-4-13(10-18)5-7-14/h4-7H,1-3,8-9,11-12H2,(H,19,20). The second-order valence-electron chi connectivity index (χ2n) is 5.57. The molecule has 0 radical (unpaired) electrons. The van der Waals surface area contributed by atoms with Gasteiger partial charge in [-0.3, -0.25) is 4.79 Å². The Bertz CT molecular complexity index is 498. The van der Waals surface area contributed by atoms with Crippen LogP contribution in [0, 0.1) is 16.7 Å². The molecule has 1 fully saturated rings. The van der Waals surface area contributed by atoms with Gasteiger partial charge in [0.15, 0.2) is 0 Å². The first kappa shape index (κ1) is 15.1. The van der Waals surface area contributed by atoms with Gasteiger partial charge in [0, 0.05) is 17.4 Å². The van der Waals surface area contributed by atoms with Gasteiger partial charge in [-0.05, 0) is 42.5 Å². The van der Waals surface area contributed by atoms with Crippen LogP contribution in [0.25, 0.3) is 0 Å². The van der Waals surface area contributed by atoms with E-state index >= 15 is 0 Å². The minimum atomic E-state index is -0.0552. The molecule has 4 heteroatoms. The quantitative estimate of drug-likeness (QED) is 0.854. The highest BCUT2D eigenvalue weighted by Gasteiger charge is 2.31. The summed E-state index contributed by atoms with van der Waals surface area (Å²) in [7, 11) is 0. The molecule has 0 aromatic heterocycles. The van der Waals surface area contributed by atoms with Crippen LogP contribution in [0.3, 0.4) is 0 Å². The Morgan fingerprint density at radius 3 is 2.45 bits per heavy atom. The van der Waals surface area contributed by atoms with Crippen LogP contribution in [-0.4, -0.2) is 17.8 Å². The second-order valence-corrected chi connectivity index (χ2v) is 6.13. The van der Waals surface area contributed by atoms with Crippen LogP contribution < -0.4 is 5.32 Å². The topological polar surface area (TPSA) is 52.9 Å². The van der Waals surface area contributed by atoms with Gasteiger partial charge in [0.2, 0.25) is 0 Å². The van der Waals surface area contributed by atoms with E-state index < -0.39 is 0 Å². The van der Waals surface area contributed by atoms with Crippen molar-refractivity contribution in [3.05, 3.63) is 35.4 Å². The first-order valence-electron chi connectivity index (χ1n) is 7.03. The lowest BCUT2D eigenvalue weighted by atomic mass is 9.75. The van der Waals surface area contributed by atoms with E-state index in [4.69, 9.17) is 5.26 Å². The maximum Gasteiger partial charge on any atom is 0.251 e. The van der Waals surface area contributed by atoms with E-state index in [1.54, 1.807) is 24.3 Å². The van der Waals surface area contributed by atoms with Crippen LogP contribution in [0.4, 0.5) is 0 Å². The SMILES string of the molecule is N#Cc1ccc(C(=O)NCC2(CBr)CCCCC2)cc1. The summed E-state index contributed by atoms with van der Waals surface area (Å²) < 4.78 is 0. The molecular formula is C16H19BrN2O. The molecule has 0 heterocycles. The Morgan fingerprint density at radius 2 is 1.90 bits per heavy atom. The number of hydrogen-bond donors (Lipinski definition) is 1. The number of halogens is 1. The van der Waals surface area contributed by atoms with E-state index in [-0.39, 0.29) is 11.3 Å². The minimum Gasteiger partial charge on any atom is -0.351 e. The van der Waals surface area contributed by atoms with Crippen molar-refractivity contribution in [1.82, 2.24) is 5.32 Å². The highest BCUT2D eigenvalue weighted by atomic mass is 79.9. The summed E-state index contributed by atoms with van der Waals surface area (Å²) in [4.78, 5) is 12.1. The van der Waals surface area contributed by atoms with E-state index in [0.29, 0.717) is 11.1 Å². The lowest BCUT2D eigenvalue weighted by Crippen LogP contribution is -2.40. The Hall–Kier alpha value is -1.34. The van der Waals surface area contributed by atoms with Crippen molar-refractivity contribution in [2.75, 3.05) is 11.9 Å². The largest absolute Gasteiger partial charge is 0.351 e. The molecule has 1 saturated carbocycles. The molecule has 1 aliphatic rings. The summed E-state index contributed by atoms with van der Waals surface area (Å²) in [6.45, 7) is 0.719. The van der Waals surface area contributed by atoms with Gasteiger partial charge < -0.3 is 5.32 Å². The second kappa shape index (κ2) is 6.90. The zero-order valence-corrected chi connectivity index (χ0v) is 13.1. The van der Waals surface area contributed by atoms with Crippen molar-refractivity contribution in [2.24, 2.45) is 5.41 Å². The van der Waals surface area contributed by atoms with E-state index in [1.165, 1.54) is 32.1 Å². The molecular weight excluding hydrogens is 316 g/mol. The smallest absolute Gasteiger partial charge is 0.251 e. The summed E-state index contributed by atoms with van der Waals surface area (Å²) in [5.74, 6) is -0.0552. The molecule has 20 heavy (non-hydrogen) atoms. The molecule has 0 saturated heterocycles. The van der Waals surface area contributed by atoms with Crippen molar-refractivity contribution >= 4 is 21.8 Å². The van der Waals surface area contributed by atoms with Crippen LogP contribution in [0.2, 0.25) is 0 Å². The summed E-state index contributed by atoms with van der Waals surface area (Å²) in [5, 5.41) is 12.7. The third-order valence-corrected chi connectivity index (χ3v) is 5.29. The number of alkyl halides is 1. The fourth-order valence-corrected chi connectivity index (χ4v) is 3.48. The molecule has 0 spiro atoms. The highest BCUT2D eigenvalue weighted by Crippen LogP contribution is 2.37. The number of nitrogens with zero attached hydrogens (tertiary/aromatic N) is 1. The molecule has 3 nitrogen and oxygen atoms in total. The lowest BCUT2D eigenvalue weighted by molar-refractivity contribution is 0.0922. The monoisotopic (exact) mass is 334 g/mol. The summed E-state index contributed by atoms with van der Waals surface area (Å²) in [6.07, 6.45) is 6.15. The Kier molecular flexibility index (Phi) is 5.19. The Balaban J connectivity index is 1.95. The number of carbonyl (C=O) groups excluding carboxylic acids is 1. The summed E-state index contributed by atoms with van der Waals surface area (Å²) in [6, 6.07) is 8.81. The van der Waals surface area contributed by atoms with Crippen LogP contribution in [-0.2, 0) is 0 Å². The molecule has 2 rings (SSSR count). The molecule has 0 bridgehead atoms. The summed E-state index contributed by atoms with van der Waals surface area (Å²) in [5.41, 5.74) is 1.40. The number of nitrogens with one attached hydrogen (secondary N) is 1. The number of nitriles is 1. The van der Waals surface area contributed by atoms with Crippen molar-refractivity contribution in [3.8, 4) is 6.07 Å². The van der Waals surface area contributed by atoms with Gasteiger partial charge in [-0.2, -0.15) is 5.26 Å². The first-order chi connectivity index (χ1) is 9.69. The molecule has 1 amide bonds. The molecule has 1 aromatic carbocycles. The molecule has 1 aromatic rings. The average molecular weight is 335 g/mol. The predicted molar refractivity (Wildman–Crippen MR) is 82.8 cm³/mol. The number of rotatable bonds is 4. The van der Waals surface area contributed by atoms with Crippen molar-refractivity contribution in [2.45, 2.75) is 32.1 Å². The first-order valence-corrected chi connectivity index (χ1v) is 8.16. The van der Waals surface area contributed by atoms with Gasteiger partial charge in [0.1, 0.15) is 0 Å². The maximum atomic E-state index is 12.1. The number of hydrogen-bond acceptors (Lipinski definition) is 2.